The highest BCUT2D eigenvalue weighted by atomic mass is 35.5. The Kier molecular flexibility index (Phi) is 4.14. The van der Waals surface area contributed by atoms with Gasteiger partial charge in [0.05, 0.1) is 6.54 Å². The second-order valence-corrected chi connectivity index (χ2v) is 5.91. The van der Waals surface area contributed by atoms with Crippen molar-refractivity contribution in [1.29, 1.82) is 0 Å². The molecule has 0 aliphatic rings. The Morgan fingerprint density at radius 2 is 1.84 bits per heavy atom. The van der Waals surface area contributed by atoms with Crippen molar-refractivity contribution in [3.63, 3.8) is 0 Å². The van der Waals surface area contributed by atoms with Crippen LogP contribution in [0.1, 0.15) is 5.76 Å². The summed E-state index contributed by atoms with van der Waals surface area (Å²) in [5, 5.41) is 3.30. The number of anilines is 1. The lowest BCUT2D eigenvalue weighted by atomic mass is 10.3. The van der Waals surface area contributed by atoms with Gasteiger partial charge in [0.2, 0.25) is 5.09 Å². The molecule has 2 aromatic rings. The normalized spacial score (nSPS) is 11.5. The molecule has 102 valence electrons. The fourth-order valence-electron chi connectivity index (χ4n) is 1.50. The van der Waals surface area contributed by atoms with Gasteiger partial charge in [0.15, 0.2) is 0 Å². The Bertz CT molecular complexity index is 650. The molecule has 1 aromatic heterocycles. The topological polar surface area (TPSA) is 71.3 Å². The van der Waals surface area contributed by atoms with E-state index in [0.717, 1.165) is 0 Å². The molecule has 0 saturated carbocycles. The number of sulfonamides is 1. The van der Waals surface area contributed by atoms with E-state index in [4.69, 9.17) is 16.0 Å². The summed E-state index contributed by atoms with van der Waals surface area (Å²) >= 11 is 5.74. The average Bonchev–Trinajstić information content (AvgIpc) is 2.82. The minimum atomic E-state index is -3.71. The van der Waals surface area contributed by atoms with E-state index < -0.39 is 10.0 Å². The van der Waals surface area contributed by atoms with Gasteiger partial charge in [-0.15, -0.1) is 0 Å². The molecule has 19 heavy (non-hydrogen) atoms. The molecule has 0 aliphatic heterocycles. The average molecular weight is 301 g/mol. The van der Waals surface area contributed by atoms with E-state index in [0.29, 0.717) is 23.0 Å². The highest BCUT2D eigenvalue weighted by molar-refractivity contribution is 7.92. The van der Waals surface area contributed by atoms with E-state index in [1.165, 1.54) is 6.07 Å². The van der Waals surface area contributed by atoms with Crippen LogP contribution in [0.5, 0.6) is 0 Å². The van der Waals surface area contributed by atoms with Crippen molar-refractivity contribution in [2.24, 2.45) is 0 Å². The zero-order valence-electron chi connectivity index (χ0n) is 10.2. The van der Waals surface area contributed by atoms with Crippen LogP contribution in [0.4, 0.5) is 5.69 Å². The standard InChI is InChI=1S/C12H13ClN2O3S/c1-14-8-11-6-7-12(18-11)19(16,17)15-10-4-2-9(13)3-5-10/h2-7,14-15H,8H2,1H3. The number of hydrogen-bond acceptors (Lipinski definition) is 4. The highest BCUT2D eigenvalue weighted by Crippen LogP contribution is 2.20. The van der Waals surface area contributed by atoms with Crippen LogP contribution < -0.4 is 10.0 Å². The van der Waals surface area contributed by atoms with E-state index in [-0.39, 0.29) is 5.09 Å². The zero-order chi connectivity index (χ0) is 13.9. The number of hydrogen-bond donors (Lipinski definition) is 2. The molecule has 0 amide bonds. The van der Waals surface area contributed by atoms with Crippen molar-refractivity contribution in [3.05, 3.63) is 47.2 Å². The van der Waals surface area contributed by atoms with Crippen molar-refractivity contribution in [1.82, 2.24) is 5.32 Å². The van der Waals surface area contributed by atoms with Gasteiger partial charge in [-0.25, -0.2) is 0 Å². The Balaban J connectivity index is 2.19. The van der Waals surface area contributed by atoms with E-state index in [9.17, 15) is 8.42 Å². The molecule has 0 spiro atoms. The Morgan fingerprint density at radius 3 is 2.47 bits per heavy atom. The SMILES string of the molecule is CNCc1ccc(S(=O)(=O)Nc2ccc(Cl)cc2)o1. The molecule has 0 aliphatic carbocycles. The zero-order valence-corrected chi connectivity index (χ0v) is 11.8. The van der Waals surface area contributed by atoms with Gasteiger partial charge in [-0.3, -0.25) is 4.72 Å². The van der Waals surface area contributed by atoms with Crippen LogP contribution in [-0.2, 0) is 16.6 Å². The van der Waals surface area contributed by atoms with Gasteiger partial charge in [-0.2, -0.15) is 8.42 Å². The number of furan rings is 1. The summed E-state index contributed by atoms with van der Waals surface area (Å²) in [5.41, 5.74) is 0.427. The number of rotatable bonds is 5. The quantitative estimate of drug-likeness (QED) is 0.890. The summed E-state index contributed by atoms with van der Waals surface area (Å²) in [5.74, 6) is 0.555. The van der Waals surface area contributed by atoms with Gasteiger partial charge in [-0.05, 0) is 43.4 Å². The van der Waals surface area contributed by atoms with Gasteiger partial charge >= 0.3 is 0 Å². The van der Waals surface area contributed by atoms with Gasteiger partial charge in [0, 0.05) is 10.7 Å². The van der Waals surface area contributed by atoms with Crippen LogP contribution in [0.25, 0.3) is 0 Å². The van der Waals surface area contributed by atoms with Crippen LogP contribution in [0.2, 0.25) is 5.02 Å². The number of halogens is 1. The first-order chi connectivity index (χ1) is 9.01. The third-order valence-electron chi connectivity index (χ3n) is 2.35. The Labute approximate surface area is 116 Å². The third-order valence-corrected chi connectivity index (χ3v) is 3.85. The maximum Gasteiger partial charge on any atom is 0.295 e. The van der Waals surface area contributed by atoms with Crippen molar-refractivity contribution in [3.8, 4) is 0 Å². The summed E-state index contributed by atoms with van der Waals surface area (Å²) in [6.45, 7) is 0.469. The summed E-state index contributed by atoms with van der Waals surface area (Å²) in [6, 6.07) is 9.41. The predicted molar refractivity (Wildman–Crippen MR) is 73.7 cm³/mol. The molecule has 0 unspecified atom stereocenters. The second kappa shape index (κ2) is 5.64. The summed E-state index contributed by atoms with van der Waals surface area (Å²) in [4.78, 5) is 0. The van der Waals surface area contributed by atoms with E-state index >= 15 is 0 Å². The van der Waals surface area contributed by atoms with Crippen molar-refractivity contribution < 1.29 is 12.8 Å². The Morgan fingerprint density at radius 1 is 1.16 bits per heavy atom. The first kappa shape index (κ1) is 13.9. The van der Waals surface area contributed by atoms with Gasteiger partial charge in [0.25, 0.3) is 10.0 Å². The predicted octanol–water partition coefficient (Wildman–Crippen LogP) is 2.45. The Hall–Kier alpha value is -1.50. The van der Waals surface area contributed by atoms with E-state index in [1.807, 2.05) is 0 Å². The van der Waals surface area contributed by atoms with Crippen molar-refractivity contribution in [2.45, 2.75) is 11.6 Å². The monoisotopic (exact) mass is 300 g/mol. The van der Waals surface area contributed by atoms with Crippen molar-refractivity contribution in [2.75, 3.05) is 11.8 Å². The molecule has 0 fully saturated rings. The minimum absolute atomic E-state index is 0.118. The molecule has 0 atom stereocenters. The summed E-state index contributed by atoms with van der Waals surface area (Å²) in [7, 11) is -1.96. The van der Waals surface area contributed by atoms with Gasteiger partial charge in [0.1, 0.15) is 5.76 Å². The summed E-state index contributed by atoms with van der Waals surface area (Å²) < 4.78 is 31.8. The maximum atomic E-state index is 12.0. The number of benzene rings is 1. The highest BCUT2D eigenvalue weighted by Gasteiger charge is 2.18. The summed E-state index contributed by atoms with van der Waals surface area (Å²) in [6.07, 6.45) is 0. The molecular formula is C12H13ClN2O3S. The van der Waals surface area contributed by atoms with E-state index in [1.54, 1.807) is 37.4 Å². The van der Waals surface area contributed by atoms with Crippen LogP contribution in [0.3, 0.4) is 0 Å². The molecule has 5 nitrogen and oxygen atoms in total. The molecule has 2 N–H and O–H groups in total. The van der Waals surface area contributed by atoms with E-state index in [2.05, 4.69) is 10.0 Å². The largest absolute Gasteiger partial charge is 0.446 e. The minimum Gasteiger partial charge on any atom is -0.446 e. The first-order valence-electron chi connectivity index (χ1n) is 5.53. The van der Waals surface area contributed by atoms with Crippen LogP contribution >= 0.6 is 11.6 Å². The molecule has 0 saturated heterocycles. The van der Waals surface area contributed by atoms with Crippen LogP contribution in [0, 0.1) is 0 Å². The molecule has 1 heterocycles. The number of nitrogens with one attached hydrogen (secondary N) is 2. The molecule has 1 aromatic carbocycles. The molecule has 0 bridgehead atoms. The molecular weight excluding hydrogens is 288 g/mol. The van der Waals surface area contributed by atoms with Crippen LogP contribution in [-0.4, -0.2) is 15.5 Å². The third kappa shape index (κ3) is 3.50. The lowest BCUT2D eigenvalue weighted by Crippen LogP contribution is -2.12. The lowest BCUT2D eigenvalue weighted by Gasteiger charge is -2.05. The first-order valence-corrected chi connectivity index (χ1v) is 7.39. The molecule has 7 heteroatoms. The smallest absolute Gasteiger partial charge is 0.295 e. The van der Waals surface area contributed by atoms with Gasteiger partial charge < -0.3 is 9.73 Å². The van der Waals surface area contributed by atoms with Gasteiger partial charge in [-0.1, -0.05) is 11.6 Å². The molecule has 0 radical (unpaired) electrons. The van der Waals surface area contributed by atoms with Crippen molar-refractivity contribution >= 4 is 27.3 Å². The lowest BCUT2D eigenvalue weighted by molar-refractivity contribution is 0.408. The maximum absolute atomic E-state index is 12.0. The second-order valence-electron chi connectivity index (χ2n) is 3.86. The molecule has 2 rings (SSSR count). The van der Waals surface area contributed by atoms with Crippen LogP contribution in [0.15, 0.2) is 45.9 Å². The fourth-order valence-corrected chi connectivity index (χ4v) is 2.63. The fraction of sp³-hybridized carbons (Fsp3) is 0.167.